The van der Waals surface area contributed by atoms with Crippen molar-refractivity contribution in [3.63, 3.8) is 0 Å². The number of carbonyl (C=O) groups is 1. The number of benzene rings is 1. The number of fused-ring (bicyclic) bond motifs is 2. The topological polar surface area (TPSA) is 59.8 Å². The molecule has 25 heavy (non-hydrogen) atoms. The standard InChI is InChI=1S/C20H22N4O/c1-13-16-5-3-4-6-18(16)22-14(2)17(13)11-20(25)23-15-7-8-19-21-9-10-24(19)12-15/h3-6,9-10,15H,7-8,11-12H2,1-2H3,(H,23,25). The number of aryl methyl sites for hydroxylation is 3. The van der Waals surface area contributed by atoms with Gasteiger partial charge >= 0.3 is 0 Å². The van der Waals surface area contributed by atoms with Gasteiger partial charge in [-0.2, -0.15) is 0 Å². The molecule has 0 aliphatic carbocycles. The maximum atomic E-state index is 12.6. The van der Waals surface area contributed by atoms with Gasteiger partial charge in [0.05, 0.1) is 11.9 Å². The highest BCUT2D eigenvalue weighted by atomic mass is 16.1. The van der Waals surface area contributed by atoms with Gasteiger partial charge in [-0.15, -0.1) is 0 Å². The highest BCUT2D eigenvalue weighted by Crippen LogP contribution is 2.23. The van der Waals surface area contributed by atoms with Gasteiger partial charge < -0.3 is 9.88 Å². The van der Waals surface area contributed by atoms with E-state index in [1.54, 1.807) is 0 Å². The highest BCUT2D eigenvalue weighted by molar-refractivity contribution is 5.86. The second-order valence-corrected chi connectivity index (χ2v) is 6.79. The van der Waals surface area contributed by atoms with Crippen LogP contribution in [0.15, 0.2) is 36.7 Å². The molecule has 1 unspecified atom stereocenters. The molecule has 5 nitrogen and oxygen atoms in total. The number of pyridine rings is 1. The van der Waals surface area contributed by atoms with Crippen LogP contribution in [0.4, 0.5) is 0 Å². The van der Waals surface area contributed by atoms with Crippen molar-refractivity contribution >= 4 is 16.8 Å². The summed E-state index contributed by atoms with van der Waals surface area (Å²) >= 11 is 0. The molecule has 4 rings (SSSR count). The number of aromatic nitrogens is 3. The highest BCUT2D eigenvalue weighted by Gasteiger charge is 2.21. The summed E-state index contributed by atoms with van der Waals surface area (Å²) in [5.74, 6) is 1.17. The zero-order valence-electron chi connectivity index (χ0n) is 14.6. The van der Waals surface area contributed by atoms with Crippen LogP contribution in [0.5, 0.6) is 0 Å². The molecule has 2 aromatic heterocycles. The summed E-state index contributed by atoms with van der Waals surface area (Å²) in [6.45, 7) is 4.87. The first-order chi connectivity index (χ1) is 12.1. The molecule has 1 aromatic carbocycles. The van der Waals surface area contributed by atoms with Crippen molar-refractivity contribution in [3.8, 4) is 0 Å². The molecule has 1 amide bonds. The lowest BCUT2D eigenvalue weighted by Gasteiger charge is -2.25. The van der Waals surface area contributed by atoms with Crippen molar-refractivity contribution in [2.45, 2.75) is 45.7 Å². The monoisotopic (exact) mass is 334 g/mol. The summed E-state index contributed by atoms with van der Waals surface area (Å²) in [7, 11) is 0. The third kappa shape index (κ3) is 3.02. The van der Waals surface area contributed by atoms with Gasteiger partial charge in [0.2, 0.25) is 5.91 Å². The number of hydrogen-bond donors (Lipinski definition) is 1. The maximum absolute atomic E-state index is 12.6. The molecule has 5 heteroatoms. The van der Waals surface area contributed by atoms with Crippen LogP contribution in [0.1, 0.15) is 29.1 Å². The third-order valence-electron chi connectivity index (χ3n) is 5.12. The molecule has 1 N–H and O–H groups in total. The lowest BCUT2D eigenvalue weighted by atomic mass is 9.99. The number of nitrogens with one attached hydrogen (secondary N) is 1. The van der Waals surface area contributed by atoms with E-state index in [0.29, 0.717) is 6.42 Å². The summed E-state index contributed by atoms with van der Waals surface area (Å²) in [6.07, 6.45) is 6.04. The van der Waals surface area contributed by atoms with Crippen molar-refractivity contribution in [2.24, 2.45) is 0 Å². The van der Waals surface area contributed by atoms with Crippen LogP contribution in [-0.2, 0) is 24.2 Å². The molecular weight excluding hydrogens is 312 g/mol. The average Bonchev–Trinajstić information content (AvgIpc) is 3.06. The number of carbonyl (C=O) groups excluding carboxylic acids is 1. The Morgan fingerprint density at radius 2 is 2.16 bits per heavy atom. The molecule has 1 atom stereocenters. The predicted octanol–water partition coefficient (Wildman–Crippen LogP) is 2.72. The van der Waals surface area contributed by atoms with Crippen LogP contribution in [0, 0.1) is 13.8 Å². The summed E-state index contributed by atoms with van der Waals surface area (Å²) in [5.41, 5.74) is 4.11. The number of nitrogens with zero attached hydrogens (tertiary/aromatic N) is 3. The van der Waals surface area contributed by atoms with Gasteiger partial charge in [-0.25, -0.2) is 4.98 Å². The zero-order valence-corrected chi connectivity index (χ0v) is 14.6. The van der Waals surface area contributed by atoms with Crippen molar-refractivity contribution in [1.29, 1.82) is 0 Å². The molecule has 0 saturated carbocycles. The predicted molar refractivity (Wildman–Crippen MR) is 97.4 cm³/mol. The Morgan fingerprint density at radius 1 is 1.32 bits per heavy atom. The van der Waals surface area contributed by atoms with Crippen LogP contribution in [-0.4, -0.2) is 26.5 Å². The van der Waals surface area contributed by atoms with E-state index >= 15 is 0 Å². The first kappa shape index (κ1) is 15.8. The van der Waals surface area contributed by atoms with Crippen LogP contribution < -0.4 is 5.32 Å². The van der Waals surface area contributed by atoms with E-state index in [4.69, 9.17) is 0 Å². The zero-order chi connectivity index (χ0) is 17.4. The molecule has 0 spiro atoms. The van der Waals surface area contributed by atoms with Crippen LogP contribution in [0.3, 0.4) is 0 Å². The maximum Gasteiger partial charge on any atom is 0.224 e. The fourth-order valence-corrected chi connectivity index (χ4v) is 3.75. The van der Waals surface area contributed by atoms with Gasteiger partial charge in [0.15, 0.2) is 0 Å². The third-order valence-corrected chi connectivity index (χ3v) is 5.12. The minimum atomic E-state index is 0.0665. The van der Waals surface area contributed by atoms with E-state index in [1.165, 1.54) is 0 Å². The molecule has 3 aromatic rings. The molecule has 3 heterocycles. The Bertz CT molecular complexity index is 944. The normalized spacial score (nSPS) is 16.6. The largest absolute Gasteiger partial charge is 0.351 e. The van der Waals surface area contributed by atoms with E-state index in [9.17, 15) is 4.79 Å². The molecule has 0 radical (unpaired) electrons. The molecule has 0 bridgehead atoms. The number of para-hydroxylation sites is 1. The lowest BCUT2D eigenvalue weighted by molar-refractivity contribution is -0.121. The molecule has 128 valence electrons. The van der Waals surface area contributed by atoms with E-state index in [2.05, 4.69) is 32.8 Å². The molecule has 0 saturated heterocycles. The van der Waals surface area contributed by atoms with Crippen LogP contribution in [0.25, 0.3) is 10.9 Å². The number of rotatable bonds is 3. The van der Waals surface area contributed by atoms with Gasteiger partial charge in [0.1, 0.15) is 5.82 Å². The number of imidazole rings is 1. The van der Waals surface area contributed by atoms with Crippen molar-refractivity contribution < 1.29 is 4.79 Å². The Labute approximate surface area is 147 Å². The molecule has 1 aliphatic rings. The van der Waals surface area contributed by atoms with Gasteiger partial charge in [-0.1, -0.05) is 18.2 Å². The Kier molecular flexibility index (Phi) is 3.99. The lowest BCUT2D eigenvalue weighted by Crippen LogP contribution is -2.41. The van der Waals surface area contributed by atoms with Crippen molar-refractivity contribution in [2.75, 3.05) is 0 Å². The van der Waals surface area contributed by atoms with Gasteiger partial charge in [-0.05, 0) is 37.5 Å². The summed E-state index contributed by atoms with van der Waals surface area (Å²) in [6, 6.07) is 8.27. The Hall–Kier alpha value is -2.69. The quantitative estimate of drug-likeness (QED) is 0.801. The first-order valence-corrected chi connectivity index (χ1v) is 8.76. The number of amides is 1. The number of hydrogen-bond acceptors (Lipinski definition) is 3. The second-order valence-electron chi connectivity index (χ2n) is 6.79. The Morgan fingerprint density at radius 3 is 3.04 bits per heavy atom. The minimum Gasteiger partial charge on any atom is -0.351 e. The molecular formula is C20H22N4O. The van der Waals surface area contributed by atoms with Crippen LogP contribution in [0.2, 0.25) is 0 Å². The first-order valence-electron chi connectivity index (χ1n) is 8.76. The van der Waals surface area contributed by atoms with Gasteiger partial charge in [0.25, 0.3) is 0 Å². The Balaban J connectivity index is 1.51. The van der Waals surface area contributed by atoms with Gasteiger partial charge in [-0.3, -0.25) is 9.78 Å². The summed E-state index contributed by atoms with van der Waals surface area (Å²) in [5, 5.41) is 4.31. The summed E-state index contributed by atoms with van der Waals surface area (Å²) in [4.78, 5) is 21.6. The average molecular weight is 334 g/mol. The van der Waals surface area contributed by atoms with Gasteiger partial charge in [0, 0.05) is 42.5 Å². The summed E-state index contributed by atoms with van der Waals surface area (Å²) < 4.78 is 2.13. The van der Waals surface area contributed by atoms with E-state index in [1.807, 2.05) is 37.5 Å². The minimum absolute atomic E-state index is 0.0665. The fraction of sp³-hybridized carbons (Fsp3) is 0.350. The van der Waals surface area contributed by atoms with E-state index in [-0.39, 0.29) is 11.9 Å². The molecule has 1 aliphatic heterocycles. The van der Waals surface area contributed by atoms with Crippen molar-refractivity contribution in [1.82, 2.24) is 19.9 Å². The molecule has 0 fully saturated rings. The fourth-order valence-electron chi connectivity index (χ4n) is 3.75. The smallest absolute Gasteiger partial charge is 0.224 e. The van der Waals surface area contributed by atoms with Crippen molar-refractivity contribution in [3.05, 3.63) is 59.3 Å². The van der Waals surface area contributed by atoms with E-state index in [0.717, 1.165) is 52.9 Å². The SMILES string of the molecule is Cc1nc2ccccc2c(C)c1CC(=O)NC1CCc2nccn2C1. The second kappa shape index (κ2) is 6.31. The van der Waals surface area contributed by atoms with E-state index < -0.39 is 0 Å². The van der Waals surface area contributed by atoms with Crippen LogP contribution >= 0.6 is 0 Å².